The standard InChI is InChI=1S/C16H29BrN4/c1-4-14-16(17)15(21(6-3)19-14)12-20-9-7-13(8-10-20)11-18-5-2/h13,18H,4-12H2,1-3H3. The third-order valence-electron chi connectivity index (χ3n) is 4.46. The number of likely N-dealkylation sites (tertiary alicyclic amines) is 1. The van der Waals surface area contributed by atoms with Crippen molar-refractivity contribution in [3.05, 3.63) is 15.9 Å². The van der Waals surface area contributed by atoms with Crippen LogP contribution in [0.4, 0.5) is 0 Å². The highest BCUT2D eigenvalue weighted by Gasteiger charge is 2.22. The first-order valence-corrected chi connectivity index (χ1v) is 9.15. The molecule has 1 aliphatic heterocycles. The number of rotatable bonds is 7. The molecule has 0 bridgehead atoms. The quantitative estimate of drug-likeness (QED) is 0.814. The van der Waals surface area contributed by atoms with Crippen LogP contribution in [0, 0.1) is 5.92 Å². The molecule has 0 saturated carbocycles. The Kier molecular flexibility index (Phi) is 6.71. The van der Waals surface area contributed by atoms with Gasteiger partial charge in [-0.3, -0.25) is 9.58 Å². The lowest BCUT2D eigenvalue weighted by atomic mass is 9.96. The van der Waals surface area contributed by atoms with Crippen LogP contribution in [-0.2, 0) is 19.5 Å². The number of hydrogen-bond acceptors (Lipinski definition) is 3. The fourth-order valence-electron chi connectivity index (χ4n) is 3.08. The molecule has 0 spiro atoms. The Morgan fingerprint density at radius 2 is 1.95 bits per heavy atom. The van der Waals surface area contributed by atoms with Crippen molar-refractivity contribution in [3.63, 3.8) is 0 Å². The van der Waals surface area contributed by atoms with E-state index in [0.717, 1.165) is 32.0 Å². The molecule has 1 aliphatic rings. The van der Waals surface area contributed by atoms with Crippen LogP contribution in [0.5, 0.6) is 0 Å². The summed E-state index contributed by atoms with van der Waals surface area (Å²) in [5, 5.41) is 8.18. The molecule has 1 N–H and O–H groups in total. The van der Waals surface area contributed by atoms with Gasteiger partial charge in [0.2, 0.25) is 0 Å². The van der Waals surface area contributed by atoms with E-state index in [1.54, 1.807) is 0 Å². The predicted molar refractivity (Wildman–Crippen MR) is 91.5 cm³/mol. The molecule has 0 radical (unpaired) electrons. The minimum absolute atomic E-state index is 0.854. The average molecular weight is 357 g/mol. The molecule has 4 nitrogen and oxygen atoms in total. The molecular formula is C16H29BrN4. The molecule has 1 saturated heterocycles. The molecule has 2 rings (SSSR count). The Balaban J connectivity index is 1.93. The topological polar surface area (TPSA) is 33.1 Å². The summed E-state index contributed by atoms with van der Waals surface area (Å²) in [5.41, 5.74) is 2.54. The Hall–Kier alpha value is -0.390. The lowest BCUT2D eigenvalue weighted by Gasteiger charge is -2.32. The summed E-state index contributed by atoms with van der Waals surface area (Å²) in [6, 6.07) is 0. The molecule has 0 amide bonds. The van der Waals surface area contributed by atoms with Crippen LogP contribution in [0.1, 0.15) is 45.0 Å². The highest BCUT2D eigenvalue weighted by atomic mass is 79.9. The van der Waals surface area contributed by atoms with Gasteiger partial charge < -0.3 is 5.32 Å². The van der Waals surface area contributed by atoms with E-state index in [4.69, 9.17) is 5.10 Å². The second-order valence-corrected chi connectivity index (χ2v) is 6.70. The third kappa shape index (κ3) is 4.30. The van der Waals surface area contributed by atoms with Gasteiger partial charge in [0, 0.05) is 13.1 Å². The van der Waals surface area contributed by atoms with Crippen LogP contribution in [0.3, 0.4) is 0 Å². The monoisotopic (exact) mass is 356 g/mol. The van der Waals surface area contributed by atoms with Gasteiger partial charge >= 0.3 is 0 Å². The van der Waals surface area contributed by atoms with Crippen molar-refractivity contribution in [2.45, 2.75) is 53.1 Å². The number of aromatic nitrogens is 2. The number of nitrogens with zero attached hydrogens (tertiary/aromatic N) is 3. The van der Waals surface area contributed by atoms with Gasteiger partial charge in [-0.2, -0.15) is 5.10 Å². The zero-order chi connectivity index (χ0) is 15.2. The summed E-state index contributed by atoms with van der Waals surface area (Å²) >= 11 is 3.76. The number of nitrogens with one attached hydrogen (secondary N) is 1. The number of piperidine rings is 1. The summed E-state index contributed by atoms with van der Waals surface area (Å²) < 4.78 is 3.38. The fourth-order valence-corrected chi connectivity index (χ4v) is 3.77. The van der Waals surface area contributed by atoms with Crippen molar-refractivity contribution in [2.24, 2.45) is 5.92 Å². The van der Waals surface area contributed by atoms with Gasteiger partial charge in [-0.05, 0) is 74.2 Å². The van der Waals surface area contributed by atoms with E-state index in [2.05, 4.69) is 51.6 Å². The lowest BCUT2D eigenvalue weighted by molar-refractivity contribution is 0.171. The van der Waals surface area contributed by atoms with E-state index < -0.39 is 0 Å². The minimum Gasteiger partial charge on any atom is -0.317 e. The van der Waals surface area contributed by atoms with Gasteiger partial charge in [0.1, 0.15) is 0 Å². The molecule has 21 heavy (non-hydrogen) atoms. The Labute approximate surface area is 137 Å². The number of halogens is 1. The smallest absolute Gasteiger partial charge is 0.0767 e. The van der Waals surface area contributed by atoms with Gasteiger partial charge in [0.05, 0.1) is 15.9 Å². The van der Waals surface area contributed by atoms with Crippen molar-refractivity contribution < 1.29 is 0 Å². The Morgan fingerprint density at radius 1 is 1.24 bits per heavy atom. The van der Waals surface area contributed by atoms with Crippen molar-refractivity contribution in [3.8, 4) is 0 Å². The van der Waals surface area contributed by atoms with E-state index in [0.29, 0.717) is 0 Å². The van der Waals surface area contributed by atoms with Gasteiger partial charge in [-0.1, -0.05) is 13.8 Å². The molecule has 120 valence electrons. The summed E-state index contributed by atoms with van der Waals surface area (Å²) in [7, 11) is 0. The minimum atomic E-state index is 0.854. The van der Waals surface area contributed by atoms with Crippen molar-refractivity contribution in [1.29, 1.82) is 0 Å². The number of aryl methyl sites for hydroxylation is 2. The largest absolute Gasteiger partial charge is 0.317 e. The summed E-state index contributed by atoms with van der Waals surface area (Å²) in [6.45, 7) is 13.2. The molecule has 0 aliphatic carbocycles. The molecule has 0 atom stereocenters. The third-order valence-corrected chi connectivity index (χ3v) is 5.37. The van der Waals surface area contributed by atoms with Crippen molar-refractivity contribution in [1.82, 2.24) is 20.0 Å². The Morgan fingerprint density at radius 3 is 2.52 bits per heavy atom. The normalized spacial score (nSPS) is 17.5. The molecule has 0 aromatic carbocycles. The molecule has 1 aromatic heterocycles. The van der Waals surface area contributed by atoms with Gasteiger partial charge in [-0.15, -0.1) is 0 Å². The number of hydrogen-bond donors (Lipinski definition) is 1. The van der Waals surface area contributed by atoms with Crippen molar-refractivity contribution >= 4 is 15.9 Å². The summed E-state index contributed by atoms with van der Waals surface area (Å²) in [6.07, 6.45) is 3.61. The zero-order valence-electron chi connectivity index (χ0n) is 13.7. The average Bonchev–Trinajstić information content (AvgIpc) is 2.82. The highest BCUT2D eigenvalue weighted by molar-refractivity contribution is 9.10. The zero-order valence-corrected chi connectivity index (χ0v) is 15.2. The molecule has 5 heteroatoms. The first-order valence-electron chi connectivity index (χ1n) is 8.36. The molecule has 0 unspecified atom stereocenters. The lowest BCUT2D eigenvalue weighted by Crippen LogP contribution is -2.37. The highest BCUT2D eigenvalue weighted by Crippen LogP contribution is 2.25. The summed E-state index contributed by atoms with van der Waals surface area (Å²) in [5.74, 6) is 0.854. The van der Waals surface area contributed by atoms with E-state index in [-0.39, 0.29) is 0 Å². The van der Waals surface area contributed by atoms with Crippen molar-refractivity contribution in [2.75, 3.05) is 26.2 Å². The maximum Gasteiger partial charge on any atom is 0.0767 e. The van der Waals surface area contributed by atoms with Gasteiger partial charge in [0.15, 0.2) is 0 Å². The second-order valence-electron chi connectivity index (χ2n) is 5.90. The summed E-state index contributed by atoms with van der Waals surface area (Å²) in [4.78, 5) is 2.58. The van der Waals surface area contributed by atoms with Crippen LogP contribution >= 0.6 is 15.9 Å². The van der Waals surface area contributed by atoms with Crippen LogP contribution in [0.25, 0.3) is 0 Å². The molecule has 1 aromatic rings. The van der Waals surface area contributed by atoms with Gasteiger partial charge in [-0.25, -0.2) is 0 Å². The van der Waals surface area contributed by atoms with E-state index in [1.807, 2.05) is 0 Å². The van der Waals surface area contributed by atoms with Crippen LogP contribution in [0.2, 0.25) is 0 Å². The predicted octanol–water partition coefficient (Wildman–Crippen LogP) is 3.05. The van der Waals surface area contributed by atoms with E-state index in [1.165, 1.54) is 48.3 Å². The molecule has 1 fully saturated rings. The van der Waals surface area contributed by atoms with Gasteiger partial charge in [0.25, 0.3) is 0 Å². The van der Waals surface area contributed by atoms with Crippen LogP contribution in [0.15, 0.2) is 4.47 Å². The Bertz CT molecular complexity index is 436. The maximum absolute atomic E-state index is 4.70. The fraction of sp³-hybridized carbons (Fsp3) is 0.812. The van der Waals surface area contributed by atoms with Crippen LogP contribution in [-0.4, -0.2) is 40.9 Å². The maximum atomic E-state index is 4.70. The van der Waals surface area contributed by atoms with Crippen LogP contribution < -0.4 is 5.32 Å². The first-order chi connectivity index (χ1) is 10.2. The molecule has 2 heterocycles. The second kappa shape index (κ2) is 8.30. The first kappa shape index (κ1) is 17.0. The van der Waals surface area contributed by atoms with E-state index in [9.17, 15) is 0 Å². The van der Waals surface area contributed by atoms with E-state index >= 15 is 0 Å². The SMILES string of the molecule is CCNCC1CCN(Cc2c(Br)c(CC)nn2CC)CC1. The molecular weight excluding hydrogens is 328 g/mol.